The van der Waals surface area contributed by atoms with Gasteiger partial charge in [-0.3, -0.25) is 9.93 Å². The molecular formula is C17H15ClN4OS. The maximum Gasteiger partial charge on any atom is 0.228 e. The van der Waals surface area contributed by atoms with Gasteiger partial charge in [-0.2, -0.15) is 0 Å². The number of nitrogens with zero attached hydrogens (tertiary/aromatic N) is 1. The van der Waals surface area contributed by atoms with Crippen LogP contribution in [0.15, 0.2) is 53.6 Å². The monoisotopic (exact) mass is 358 g/mol. The van der Waals surface area contributed by atoms with E-state index in [0.717, 1.165) is 33.2 Å². The normalized spacial score (nSPS) is 10.8. The Morgan fingerprint density at radius 1 is 1.21 bits per heavy atom. The van der Waals surface area contributed by atoms with E-state index in [4.69, 9.17) is 22.5 Å². The molecule has 0 fully saturated rings. The Morgan fingerprint density at radius 3 is 2.75 bits per heavy atom. The van der Waals surface area contributed by atoms with Crippen LogP contribution in [0.25, 0.3) is 10.8 Å². The molecule has 7 heteroatoms. The highest BCUT2D eigenvalue weighted by Crippen LogP contribution is 2.31. The van der Waals surface area contributed by atoms with Crippen LogP contribution < -0.4 is 16.2 Å². The lowest BCUT2D eigenvalue weighted by molar-refractivity contribution is -0.115. The van der Waals surface area contributed by atoms with E-state index in [1.807, 2.05) is 30.3 Å². The second-order valence-corrected chi connectivity index (χ2v) is 6.28. The van der Waals surface area contributed by atoms with Crippen LogP contribution in [0.5, 0.6) is 0 Å². The molecule has 0 aliphatic carbocycles. The number of carbonyl (C=O) groups is 1. The highest BCUT2D eigenvalue weighted by molar-refractivity contribution is 7.97. The molecule has 2 aromatic carbocycles. The van der Waals surface area contributed by atoms with Gasteiger partial charge in [0, 0.05) is 32.6 Å². The first kappa shape index (κ1) is 16.6. The molecule has 0 saturated heterocycles. The first-order valence-electron chi connectivity index (χ1n) is 7.16. The Kier molecular flexibility index (Phi) is 4.89. The van der Waals surface area contributed by atoms with E-state index >= 15 is 0 Å². The molecule has 0 spiro atoms. The summed E-state index contributed by atoms with van der Waals surface area (Å²) in [5.41, 5.74) is 7.32. The number of aromatic nitrogens is 1. The number of hydrogen-bond acceptors (Lipinski definition) is 5. The number of anilines is 2. The summed E-state index contributed by atoms with van der Waals surface area (Å²) >= 11 is 7.19. The number of carbonyl (C=O) groups excluding carboxylic acids is 1. The summed E-state index contributed by atoms with van der Waals surface area (Å²) in [5, 5.41) is 10.8. The van der Waals surface area contributed by atoms with Crippen molar-refractivity contribution in [1.29, 1.82) is 0 Å². The summed E-state index contributed by atoms with van der Waals surface area (Å²) in [6, 6.07) is 12.7. The van der Waals surface area contributed by atoms with Gasteiger partial charge in [-0.25, -0.2) is 4.98 Å². The zero-order valence-corrected chi connectivity index (χ0v) is 14.2. The Labute approximate surface area is 148 Å². The van der Waals surface area contributed by atoms with Crippen molar-refractivity contribution in [3.05, 3.63) is 59.2 Å². The molecule has 0 bridgehead atoms. The molecule has 0 aliphatic heterocycles. The zero-order valence-electron chi connectivity index (χ0n) is 12.6. The number of hydrogen-bond donors (Lipinski definition) is 3. The lowest BCUT2D eigenvalue weighted by Crippen LogP contribution is -2.14. The van der Waals surface area contributed by atoms with Crippen LogP contribution in [0.3, 0.4) is 0 Å². The molecule has 3 aromatic rings. The average molecular weight is 359 g/mol. The molecule has 1 amide bonds. The standard InChI is InChI=1S/C17H15ClN4OS/c18-14-4-2-1-3-10(14)7-16(23)22-11-8-13-12(15(9-11)24-20)5-6-21-17(13)19/h1-6,8-9H,7,20H2,(H2,19,21)(H,22,23). The number of amides is 1. The van der Waals surface area contributed by atoms with Gasteiger partial charge in [0.05, 0.1) is 6.42 Å². The fourth-order valence-corrected chi connectivity index (χ4v) is 3.16. The minimum atomic E-state index is -0.169. The number of nitrogens with one attached hydrogen (secondary N) is 1. The van der Waals surface area contributed by atoms with E-state index in [9.17, 15) is 4.79 Å². The summed E-state index contributed by atoms with van der Waals surface area (Å²) in [7, 11) is 0. The van der Waals surface area contributed by atoms with Crippen LogP contribution in [0.1, 0.15) is 5.56 Å². The number of rotatable bonds is 4. The fourth-order valence-electron chi connectivity index (χ4n) is 2.46. The zero-order chi connectivity index (χ0) is 17.1. The molecule has 24 heavy (non-hydrogen) atoms. The minimum absolute atomic E-state index is 0.169. The molecule has 1 heterocycles. The molecule has 0 saturated carbocycles. The topological polar surface area (TPSA) is 94.0 Å². The van der Waals surface area contributed by atoms with E-state index in [-0.39, 0.29) is 12.3 Å². The third-order valence-electron chi connectivity index (χ3n) is 3.59. The first-order valence-corrected chi connectivity index (χ1v) is 8.42. The SMILES string of the molecule is NSc1cc(NC(=O)Cc2ccccc2Cl)cc2c(N)nccc12. The van der Waals surface area contributed by atoms with Gasteiger partial charge in [-0.15, -0.1) is 0 Å². The first-order chi connectivity index (χ1) is 11.6. The lowest BCUT2D eigenvalue weighted by Gasteiger charge is -2.11. The predicted molar refractivity (Wildman–Crippen MR) is 100.0 cm³/mol. The number of benzene rings is 2. The molecular weight excluding hydrogens is 344 g/mol. The third-order valence-corrected chi connectivity index (χ3v) is 4.55. The molecule has 0 aliphatic rings. The quantitative estimate of drug-likeness (QED) is 0.619. The maximum atomic E-state index is 12.3. The maximum absolute atomic E-state index is 12.3. The number of fused-ring (bicyclic) bond motifs is 1. The molecule has 5 N–H and O–H groups in total. The highest BCUT2D eigenvalue weighted by atomic mass is 35.5. The largest absolute Gasteiger partial charge is 0.383 e. The van der Waals surface area contributed by atoms with Gasteiger partial charge < -0.3 is 11.1 Å². The molecule has 3 rings (SSSR count). The van der Waals surface area contributed by atoms with Crippen molar-refractivity contribution in [2.24, 2.45) is 5.14 Å². The number of nitrogen functional groups attached to an aromatic ring is 1. The van der Waals surface area contributed by atoms with Gasteiger partial charge in [-0.1, -0.05) is 29.8 Å². The van der Waals surface area contributed by atoms with E-state index in [1.165, 1.54) is 0 Å². The summed E-state index contributed by atoms with van der Waals surface area (Å²) in [5.74, 6) is 0.225. The predicted octanol–water partition coefficient (Wildman–Crippen LogP) is 3.62. The molecule has 0 unspecified atom stereocenters. The summed E-state index contributed by atoms with van der Waals surface area (Å²) < 4.78 is 0. The van der Waals surface area contributed by atoms with Gasteiger partial charge in [0.2, 0.25) is 5.91 Å². The van der Waals surface area contributed by atoms with Crippen molar-refractivity contribution >= 4 is 51.7 Å². The van der Waals surface area contributed by atoms with E-state index in [1.54, 1.807) is 18.3 Å². The van der Waals surface area contributed by atoms with Crippen LogP contribution in [-0.4, -0.2) is 10.9 Å². The molecule has 0 radical (unpaired) electrons. The van der Waals surface area contributed by atoms with Crippen molar-refractivity contribution in [3.63, 3.8) is 0 Å². The highest BCUT2D eigenvalue weighted by Gasteiger charge is 2.11. The Hall–Kier alpha value is -2.28. The number of halogens is 1. The molecule has 122 valence electrons. The molecule has 0 atom stereocenters. The van der Waals surface area contributed by atoms with Crippen LogP contribution >= 0.6 is 23.5 Å². The van der Waals surface area contributed by atoms with Gasteiger partial charge >= 0.3 is 0 Å². The van der Waals surface area contributed by atoms with E-state index in [0.29, 0.717) is 16.5 Å². The van der Waals surface area contributed by atoms with Gasteiger partial charge in [0.1, 0.15) is 5.82 Å². The fraction of sp³-hybridized carbons (Fsp3) is 0.0588. The minimum Gasteiger partial charge on any atom is -0.383 e. The summed E-state index contributed by atoms with van der Waals surface area (Å²) in [4.78, 5) is 17.2. The second-order valence-electron chi connectivity index (χ2n) is 5.20. The van der Waals surface area contributed by atoms with Gasteiger partial charge in [-0.05, 0) is 41.8 Å². The van der Waals surface area contributed by atoms with Crippen molar-refractivity contribution in [2.75, 3.05) is 11.1 Å². The van der Waals surface area contributed by atoms with Crippen LogP contribution in [0, 0.1) is 0 Å². The number of pyridine rings is 1. The second kappa shape index (κ2) is 7.09. The van der Waals surface area contributed by atoms with E-state index in [2.05, 4.69) is 10.3 Å². The molecule has 1 aromatic heterocycles. The Morgan fingerprint density at radius 2 is 2.00 bits per heavy atom. The smallest absolute Gasteiger partial charge is 0.228 e. The van der Waals surface area contributed by atoms with Gasteiger partial charge in [0.25, 0.3) is 0 Å². The Balaban J connectivity index is 1.88. The summed E-state index contributed by atoms with van der Waals surface area (Å²) in [6.45, 7) is 0. The molecule has 5 nitrogen and oxygen atoms in total. The van der Waals surface area contributed by atoms with Crippen LogP contribution in [-0.2, 0) is 11.2 Å². The van der Waals surface area contributed by atoms with E-state index < -0.39 is 0 Å². The average Bonchev–Trinajstić information content (AvgIpc) is 2.57. The van der Waals surface area contributed by atoms with Gasteiger partial charge in [0.15, 0.2) is 0 Å². The Bertz CT molecular complexity index is 916. The number of nitrogens with two attached hydrogens (primary N) is 2. The van der Waals surface area contributed by atoms with Crippen molar-refractivity contribution in [1.82, 2.24) is 4.98 Å². The van der Waals surface area contributed by atoms with Crippen LogP contribution in [0.4, 0.5) is 11.5 Å². The summed E-state index contributed by atoms with van der Waals surface area (Å²) in [6.07, 6.45) is 1.82. The van der Waals surface area contributed by atoms with Crippen molar-refractivity contribution in [2.45, 2.75) is 11.3 Å². The third kappa shape index (κ3) is 3.46. The van der Waals surface area contributed by atoms with Crippen molar-refractivity contribution < 1.29 is 4.79 Å². The van der Waals surface area contributed by atoms with Crippen molar-refractivity contribution in [3.8, 4) is 0 Å². The van der Waals surface area contributed by atoms with Crippen LogP contribution in [0.2, 0.25) is 5.02 Å². The lowest BCUT2D eigenvalue weighted by atomic mass is 10.1.